The topological polar surface area (TPSA) is 0 Å². The average Bonchev–Trinajstić information content (AvgIpc) is 3.75. The summed E-state index contributed by atoms with van der Waals surface area (Å²) in [5, 5.41) is 1.51. The SMILES string of the molecule is CCC1C=C(C(C)(C)C)C=[C]1[Zr+2](=[C](c1cccc(Cl)c1)c1cccc(Cl)c1)[c]1c(-c2c(C)cc(C)cc2C)ccc2c1Cc1cc(-c3c(C)cc(C)cc3C)ccc1-2.[Cl-].[Cl-]. The second kappa shape index (κ2) is 18.2. The predicted octanol–water partition coefficient (Wildman–Crippen LogP) is 9.17. The predicted molar refractivity (Wildman–Crippen MR) is 249 cm³/mol. The van der Waals surface area contributed by atoms with E-state index in [4.69, 9.17) is 23.2 Å². The van der Waals surface area contributed by atoms with Crippen LogP contribution < -0.4 is 28.1 Å². The van der Waals surface area contributed by atoms with E-state index in [1.54, 1.807) is 6.55 Å². The number of aryl methyl sites for hydroxylation is 6. The maximum Gasteiger partial charge on any atom is -1.00 e. The van der Waals surface area contributed by atoms with Gasteiger partial charge in [0.05, 0.1) is 0 Å². The van der Waals surface area contributed by atoms with Crippen LogP contribution in [0.15, 0.2) is 124 Å². The Bertz CT molecular complexity index is 2660. The van der Waals surface area contributed by atoms with Gasteiger partial charge in [0.25, 0.3) is 0 Å². The summed E-state index contributed by atoms with van der Waals surface area (Å²) in [4.78, 5) is 0. The average molecular weight is 948 g/mol. The summed E-state index contributed by atoms with van der Waals surface area (Å²) in [7, 11) is 0. The third-order valence-corrected chi connectivity index (χ3v) is 20.8. The van der Waals surface area contributed by atoms with E-state index >= 15 is 0 Å². The minimum Gasteiger partial charge on any atom is -1.00 e. The van der Waals surface area contributed by atoms with Crippen molar-refractivity contribution < 1.29 is 46.1 Å². The second-order valence-electron chi connectivity index (χ2n) is 17.9. The van der Waals surface area contributed by atoms with Gasteiger partial charge in [0.1, 0.15) is 0 Å². The maximum atomic E-state index is 6.95. The van der Waals surface area contributed by atoms with Crippen LogP contribution in [0.2, 0.25) is 10.0 Å². The van der Waals surface area contributed by atoms with Crippen LogP contribution in [0.5, 0.6) is 0 Å². The Hall–Kier alpha value is -3.29. The van der Waals surface area contributed by atoms with E-state index in [9.17, 15) is 0 Å². The Morgan fingerprint density at radius 3 is 1.67 bits per heavy atom. The molecule has 0 radical (unpaired) electrons. The maximum absolute atomic E-state index is 6.95. The zero-order chi connectivity index (χ0) is 41.2. The van der Waals surface area contributed by atoms with E-state index in [0.29, 0.717) is 5.92 Å². The molecule has 306 valence electrons. The van der Waals surface area contributed by atoms with Gasteiger partial charge in [-0.1, -0.05) is 0 Å². The number of hydrogen-bond donors (Lipinski definition) is 0. The molecule has 2 aliphatic rings. The van der Waals surface area contributed by atoms with E-state index in [0.717, 1.165) is 22.9 Å². The Morgan fingerprint density at radius 2 is 1.15 bits per heavy atom. The molecule has 2 aliphatic carbocycles. The molecule has 0 aliphatic heterocycles. The molecule has 6 aromatic carbocycles. The van der Waals surface area contributed by atoms with Crippen LogP contribution in [0.25, 0.3) is 33.4 Å². The Morgan fingerprint density at radius 1 is 0.633 bits per heavy atom. The Balaban J connectivity index is 0.00000302. The van der Waals surface area contributed by atoms with E-state index in [2.05, 4.69) is 172 Å². The number of halogens is 4. The summed E-state index contributed by atoms with van der Waals surface area (Å²) < 4.78 is 4.64. The molecule has 5 heteroatoms. The van der Waals surface area contributed by atoms with Gasteiger partial charge in [-0.25, -0.2) is 0 Å². The van der Waals surface area contributed by atoms with Crippen molar-refractivity contribution in [3.05, 3.63) is 190 Å². The third-order valence-electron chi connectivity index (χ3n) is 12.4. The van der Waals surface area contributed by atoms with E-state index in [1.165, 1.54) is 97.8 Å². The van der Waals surface area contributed by atoms with Crippen molar-refractivity contribution in [2.45, 2.75) is 82.1 Å². The zero-order valence-electron chi connectivity index (χ0n) is 36.5. The summed E-state index contributed by atoms with van der Waals surface area (Å²) in [6, 6.07) is 38.8. The molecule has 6 aromatic rings. The molecule has 1 unspecified atom stereocenters. The molecule has 0 saturated carbocycles. The normalized spacial score (nSPS) is 13.9. The molecule has 0 heterocycles. The van der Waals surface area contributed by atoms with Crippen molar-refractivity contribution in [2.24, 2.45) is 11.3 Å². The van der Waals surface area contributed by atoms with Crippen LogP contribution in [-0.4, -0.2) is 3.21 Å². The van der Waals surface area contributed by atoms with Crippen LogP contribution in [0.4, 0.5) is 0 Å². The van der Waals surface area contributed by atoms with Crippen molar-refractivity contribution in [1.82, 2.24) is 0 Å². The van der Waals surface area contributed by atoms with Gasteiger partial charge in [-0.05, 0) is 0 Å². The second-order valence-corrected chi connectivity index (χ2v) is 24.5. The molecule has 0 saturated heterocycles. The fourth-order valence-corrected chi connectivity index (χ4v) is 19.4. The van der Waals surface area contributed by atoms with Crippen molar-refractivity contribution >= 4 is 29.7 Å². The van der Waals surface area contributed by atoms with Gasteiger partial charge in [0.15, 0.2) is 0 Å². The van der Waals surface area contributed by atoms with Gasteiger partial charge < -0.3 is 24.8 Å². The Labute approximate surface area is 389 Å². The minimum absolute atomic E-state index is 0. The summed E-state index contributed by atoms with van der Waals surface area (Å²) >= 11 is 10.6. The fraction of sp³-hybridized carbons (Fsp3) is 0.255. The van der Waals surface area contributed by atoms with Crippen molar-refractivity contribution in [3.63, 3.8) is 0 Å². The fourth-order valence-electron chi connectivity index (χ4n) is 10.0. The summed E-state index contributed by atoms with van der Waals surface area (Å²) in [6.07, 6.45) is 7.20. The molecular formula is C55H54Cl4Zr. The van der Waals surface area contributed by atoms with Crippen LogP contribution in [0, 0.1) is 52.9 Å². The van der Waals surface area contributed by atoms with Crippen LogP contribution >= 0.6 is 23.2 Å². The Kier molecular flexibility index (Phi) is 14.0. The van der Waals surface area contributed by atoms with Gasteiger partial charge in [-0.15, -0.1) is 0 Å². The number of benzene rings is 6. The molecule has 0 spiro atoms. The molecular weight excluding hydrogens is 894 g/mol. The monoisotopic (exact) mass is 944 g/mol. The largest absolute Gasteiger partial charge is 1.00 e. The summed E-state index contributed by atoms with van der Waals surface area (Å²) in [5.74, 6) is 0.351. The molecule has 8 rings (SSSR count). The number of fused-ring (bicyclic) bond motifs is 3. The van der Waals surface area contributed by atoms with Gasteiger partial charge in [0.2, 0.25) is 0 Å². The van der Waals surface area contributed by atoms with Crippen LogP contribution in [0.1, 0.15) is 89.8 Å². The zero-order valence-corrected chi connectivity index (χ0v) is 42.0. The molecule has 1 atom stereocenters. The van der Waals surface area contributed by atoms with Crippen LogP contribution in [-0.2, 0) is 27.7 Å². The molecule has 60 heavy (non-hydrogen) atoms. The van der Waals surface area contributed by atoms with Gasteiger partial charge in [0, 0.05) is 0 Å². The molecule has 0 N–H and O–H groups in total. The number of allylic oxidation sites excluding steroid dienone is 4. The van der Waals surface area contributed by atoms with E-state index < -0.39 is 21.3 Å². The molecule has 0 aromatic heterocycles. The summed E-state index contributed by atoms with van der Waals surface area (Å²) in [6.45, 7) is 23.0. The quantitative estimate of drug-likeness (QED) is 0.150. The minimum atomic E-state index is -3.31. The van der Waals surface area contributed by atoms with Crippen molar-refractivity contribution in [1.29, 1.82) is 0 Å². The van der Waals surface area contributed by atoms with Gasteiger partial charge in [-0.3, -0.25) is 0 Å². The van der Waals surface area contributed by atoms with Crippen LogP contribution in [0.3, 0.4) is 0 Å². The smallest absolute Gasteiger partial charge is 1.00 e. The molecule has 0 fully saturated rings. The standard InChI is InChI=1S/C31H29.C13H8Cl2.C11H17.2ClH.Zr/c1-18-11-20(3)30(21(4)12-18)24-7-9-28-26(15-24)17-27-16-25(8-10-29(27)28)31-22(5)13-19(2)14-23(31)6;14-12-5-1-3-10(8-12)7-11-4-2-6-13(15)9-11;1-5-9-6-7-10(8-9)11(2,3)4;;;/h7-15H,17H2,1-6H3;1-6,8-9H;7-9H,5H2,1-4H3;2*1H;/q;;;;;+2/p-2. The molecule has 0 amide bonds. The first-order chi connectivity index (χ1) is 27.6. The van der Waals surface area contributed by atoms with Gasteiger partial charge in [-0.2, -0.15) is 0 Å². The van der Waals surface area contributed by atoms with Crippen molar-refractivity contribution in [2.75, 3.05) is 0 Å². The first-order valence-corrected chi connectivity index (χ1v) is 25.2. The van der Waals surface area contributed by atoms with Crippen molar-refractivity contribution in [3.8, 4) is 33.4 Å². The number of rotatable bonds is 7. The first-order valence-electron chi connectivity index (χ1n) is 20.8. The first kappa shape index (κ1) is 46.2. The number of hydrogen-bond acceptors (Lipinski definition) is 0. The van der Waals surface area contributed by atoms with E-state index in [-0.39, 0.29) is 30.2 Å². The molecule has 0 nitrogen and oxygen atoms in total. The van der Waals surface area contributed by atoms with Gasteiger partial charge >= 0.3 is 368 Å². The third kappa shape index (κ3) is 8.70. The molecule has 0 bridgehead atoms. The van der Waals surface area contributed by atoms with E-state index in [1.807, 2.05) is 12.1 Å². The summed E-state index contributed by atoms with van der Waals surface area (Å²) in [5.41, 5.74) is 22.9.